The van der Waals surface area contributed by atoms with Crippen LogP contribution in [0.2, 0.25) is 0 Å². The smallest absolute Gasteiger partial charge is 0.230 e. The van der Waals surface area contributed by atoms with Crippen molar-refractivity contribution in [3.63, 3.8) is 0 Å². The minimum atomic E-state index is -0.0689. The van der Waals surface area contributed by atoms with Gasteiger partial charge in [0.2, 0.25) is 5.88 Å². The normalized spacial score (nSPS) is 12.5. The maximum absolute atomic E-state index is 9.31. The summed E-state index contributed by atoms with van der Waals surface area (Å²) in [6.45, 7) is 10.4. The highest BCUT2D eigenvalue weighted by atomic mass is 16.3. The lowest BCUT2D eigenvalue weighted by Crippen LogP contribution is -2.25. The van der Waals surface area contributed by atoms with E-state index in [0.29, 0.717) is 5.92 Å². The number of hydrogen-bond acceptors (Lipinski definition) is 2. The first-order valence-electron chi connectivity index (χ1n) is 4.62. The Morgan fingerprint density at radius 3 is 2.23 bits per heavy atom. The monoisotopic (exact) mass is 182 g/mol. The zero-order valence-electron chi connectivity index (χ0n) is 9.00. The van der Waals surface area contributed by atoms with Crippen molar-refractivity contribution in [2.45, 2.75) is 46.1 Å². The summed E-state index contributed by atoms with van der Waals surface area (Å²) < 4.78 is 1.88. The minimum absolute atomic E-state index is 0.0689. The molecule has 0 fully saturated rings. The van der Waals surface area contributed by atoms with Crippen molar-refractivity contribution < 1.29 is 5.11 Å². The van der Waals surface area contributed by atoms with Crippen LogP contribution in [0.3, 0.4) is 0 Å². The topological polar surface area (TPSA) is 38.1 Å². The zero-order chi connectivity index (χ0) is 10.2. The largest absolute Gasteiger partial charge is 0.492 e. The van der Waals surface area contributed by atoms with Gasteiger partial charge in [0.15, 0.2) is 0 Å². The van der Waals surface area contributed by atoms with Crippen LogP contribution in [0.4, 0.5) is 0 Å². The number of rotatable bonds is 1. The molecule has 1 rings (SSSR count). The predicted molar refractivity (Wildman–Crippen MR) is 53.0 cm³/mol. The van der Waals surface area contributed by atoms with Crippen LogP contribution in [0, 0.1) is 0 Å². The van der Waals surface area contributed by atoms with E-state index in [9.17, 15) is 5.11 Å². The van der Waals surface area contributed by atoms with E-state index in [0.717, 1.165) is 5.69 Å². The van der Waals surface area contributed by atoms with Crippen LogP contribution in [0.1, 0.15) is 46.2 Å². The molecule has 13 heavy (non-hydrogen) atoms. The molecule has 3 heteroatoms. The molecular weight excluding hydrogens is 164 g/mol. The molecule has 0 radical (unpaired) electrons. The Morgan fingerprint density at radius 2 is 1.92 bits per heavy atom. The fourth-order valence-electron chi connectivity index (χ4n) is 1.33. The molecule has 1 aromatic rings. The fraction of sp³-hybridized carbons (Fsp3) is 0.700. The second-order valence-corrected chi connectivity index (χ2v) is 4.66. The van der Waals surface area contributed by atoms with E-state index in [1.165, 1.54) is 0 Å². The molecule has 74 valence electrons. The van der Waals surface area contributed by atoms with Crippen molar-refractivity contribution in [2.75, 3.05) is 0 Å². The van der Waals surface area contributed by atoms with Gasteiger partial charge in [0.05, 0.1) is 5.54 Å². The van der Waals surface area contributed by atoms with Gasteiger partial charge in [0.25, 0.3) is 0 Å². The van der Waals surface area contributed by atoms with E-state index >= 15 is 0 Å². The first kappa shape index (κ1) is 10.1. The average Bonchev–Trinajstić information content (AvgIpc) is 2.29. The molecule has 0 saturated heterocycles. The van der Waals surface area contributed by atoms with Crippen LogP contribution in [0.15, 0.2) is 6.07 Å². The molecule has 1 heterocycles. The second-order valence-electron chi connectivity index (χ2n) is 4.66. The highest BCUT2D eigenvalue weighted by Gasteiger charge is 2.20. The van der Waals surface area contributed by atoms with Crippen LogP contribution in [0.5, 0.6) is 5.88 Å². The summed E-state index contributed by atoms with van der Waals surface area (Å²) in [6, 6.07) is 1.73. The molecule has 1 N–H and O–H groups in total. The summed E-state index contributed by atoms with van der Waals surface area (Å²) in [5, 5.41) is 13.4. The summed E-state index contributed by atoms with van der Waals surface area (Å²) >= 11 is 0. The third-order valence-corrected chi connectivity index (χ3v) is 1.95. The first-order chi connectivity index (χ1) is 5.82. The molecule has 0 aliphatic carbocycles. The van der Waals surface area contributed by atoms with Crippen LogP contribution < -0.4 is 0 Å². The highest BCUT2D eigenvalue weighted by molar-refractivity contribution is 5.18. The van der Waals surface area contributed by atoms with Crippen molar-refractivity contribution in [1.29, 1.82) is 0 Å². The van der Waals surface area contributed by atoms with E-state index in [1.807, 2.05) is 4.68 Å². The molecular formula is C10H18N2O. The van der Waals surface area contributed by atoms with Crippen molar-refractivity contribution in [3.8, 4) is 5.88 Å². The quantitative estimate of drug-likeness (QED) is 0.724. The van der Waals surface area contributed by atoms with Crippen LogP contribution >= 0.6 is 0 Å². The lowest BCUT2D eigenvalue weighted by molar-refractivity contribution is 0.325. The summed E-state index contributed by atoms with van der Waals surface area (Å²) in [7, 11) is 0. The molecule has 0 aromatic carbocycles. The lowest BCUT2D eigenvalue weighted by Gasteiger charge is -2.23. The Labute approximate surface area is 79.4 Å². The van der Waals surface area contributed by atoms with E-state index in [1.54, 1.807) is 6.07 Å². The standard InChI is InChI=1S/C10H18N2O/c1-7(2)8-6-9(13)11-12(8)10(3,4)5/h6-7H,1-5H3,(H,11,13). The second kappa shape index (κ2) is 3.05. The molecule has 0 bridgehead atoms. The molecule has 0 spiro atoms. The first-order valence-corrected chi connectivity index (χ1v) is 4.62. The van der Waals surface area contributed by atoms with E-state index in [4.69, 9.17) is 0 Å². The SMILES string of the molecule is CC(C)c1cc(O)nn1C(C)(C)C. The molecule has 0 unspecified atom stereocenters. The number of aromatic hydroxyl groups is 1. The van der Waals surface area contributed by atoms with Gasteiger partial charge in [-0.25, -0.2) is 0 Å². The highest BCUT2D eigenvalue weighted by Crippen LogP contribution is 2.25. The molecule has 0 saturated carbocycles. The number of hydrogen-bond donors (Lipinski definition) is 1. The maximum atomic E-state index is 9.31. The summed E-state index contributed by atoms with van der Waals surface area (Å²) in [5.41, 5.74) is 1.01. The maximum Gasteiger partial charge on any atom is 0.230 e. The van der Waals surface area contributed by atoms with Gasteiger partial charge < -0.3 is 5.11 Å². The summed E-state index contributed by atoms with van der Waals surface area (Å²) in [6.07, 6.45) is 0. The van der Waals surface area contributed by atoms with Crippen LogP contribution in [0.25, 0.3) is 0 Å². The van der Waals surface area contributed by atoms with Gasteiger partial charge in [-0.3, -0.25) is 4.68 Å². The van der Waals surface area contributed by atoms with Crippen LogP contribution in [-0.4, -0.2) is 14.9 Å². The van der Waals surface area contributed by atoms with E-state index < -0.39 is 0 Å². The molecule has 1 aromatic heterocycles. The van der Waals surface area contributed by atoms with Crippen LogP contribution in [-0.2, 0) is 5.54 Å². The van der Waals surface area contributed by atoms with Gasteiger partial charge in [-0.05, 0) is 26.7 Å². The van der Waals surface area contributed by atoms with Crippen molar-refractivity contribution in [1.82, 2.24) is 9.78 Å². The fourth-order valence-corrected chi connectivity index (χ4v) is 1.33. The lowest BCUT2D eigenvalue weighted by atomic mass is 10.1. The van der Waals surface area contributed by atoms with Crippen molar-refractivity contribution in [3.05, 3.63) is 11.8 Å². The Bertz CT molecular complexity index is 294. The van der Waals surface area contributed by atoms with E-state index in [2.05, 4.69) is 39.7 Å². The van der Waals surface area contributed by atoms with E-state index in [-0.39, 0.29) is 11.4 Å². The molecule has 0 aliphatic heterocycles. The third kappa shape index (κ3) is 2.02. The van der Waals surface area contributed by atoms with Crippen molar-refractivity contribution >= 4 is 0 Å². The number of nitrogens with zero attached hydrogens (tertiary/aromatic N) is 2. The Hall–Kier alpha value is -0.990. The van der Waals surface area contributed by atoms with Gasteiger partial charge in [0.1, 0.15) is 0 Å². The molecule has 3 nitrogen and oxygen atoms in total. The zero-order valence-corrected chi connectivity index (χ0v) is 9.00. The van der Waals surface area contributed by atoms with Gasteiger partial charge in [0, 0.05) is 11.8 Å². The third-order valence-electron chi connectivity index (χ3n) is 1.95. The predicted octanol–water partition coefficient (Wildman–Crippen LogP) is 2.47. The van der Waals surface area contributed by atoms with Gasteiger partial charge in [-0.15, -0.1) is 5.10 Å². The molecule has 0 amide bonds. The average molecular weight is 182 g/mol. The van der Waals surface area contributed by atoms with Gasteiger partial charge in [-0.2, -0.15) is 0 Å². The Kier molecular flexibility index (Phi) is 2.37. The van der Waals surface area contributed by atoms with Crippen molar-refractivity contribution in [2.24, 2.45) is 0 Å². The minimum Gasteiger partial charge on any atom is -0.492 e. The molecule has 0 aliphatic rings. The Balaban J connectivity index is 3.20. The Morgan fingerprint density at radius 1 is 1.38 bits per heavy atom. The van der Waals surface area contributed by atoms with Gasteiger partial charge in [-0.1, -0.05) is 13.8 Å². The van der Waals surface area contributed by atoms with Gasteiger partial charge >= 0.3 is 0 Å². The summed E-state index contributed by atoms with van der Waals surface area (Å²) in [5.74, 6) is 0.492. The molecule has 0 atom stereocenters. The number of aromatic nitrogens is 2. The summed E-state index contributed by atoms with van der Waals surface area (Å²) in [4.78, 5) is 0.